The highest BCUT2D eigenvalue weighted by atomic mass is 16.5. The summed E-state index contributed by atoms with van der Waals surface area (Å²) in [5, 5.41) is 14.8. The Morgan fingerprint density at radius 2 is 1.90 bits per heavy atom. The molecule has 0 unspecified atom stereocenters. The Bertz CT molecular complexity index is 570. The molecule has 1 aliphatic carbocycles. The number of esters is 1. The van der Waals surface area contributed by atoms with Gasteiger partial charge >= 0.3 is 5.97 Å². The minimum absolute atomic E-state index is 0.0135. The van der Waals surface area contributed by atoms with Gasteiger partial charge in [0, 0.05) is 18.9 Å². The number of allylic oxidation sites excluding steroid dienone is 2. The first-order chi connectivity index (χ1) is 13.9. The van der Waals surface area contributed by atoms with Gasteiger partial charge in [0.25, 0.3) is 0 Å². The molecule has 1 fully saturated rings. The minimum atomic E-state index is -0.570. The number of amides is 2. The second-order valence-corrected chi connectivity index (χ2v) is 7.89. The van der Waals surface area contributed by atoms with E-state index in [4.69, 9.17) is 9.84 Å². The standard InChI is InChI=1S/C22H36N2O5/c1-4-6-7-11-20(27)29-16-22(12-8-9-13-22)24-21(28)18(10-5-2)14-19(26)23-17(3)15-25/h4-5,17-18,25H,1-2,6-16H2,3H3,(H,23,26)(H,24,28)/t17-,18+/m0/s1. The third kappa shape index (κ3) is 9.26. The van der Waals surface area contributed by atoms with E-state index >= 15 is 0 Å². The molecule has 0 aromatic carbocycles. The third-order valence-electron chi connectivity index (χ3n) is 5.18. The van der Waals surface area contributed by atoms with Crippen molar-refractivity contribution in [2.24, 2.45) is 5.92 Å². The van der Waals surface area contributed by atoms with Gasteiger partial charge in [-0.3, -0.25) is 14.4 Å². The van der Waals surface area contributed by atoms with Crippen molar-refractivity contribution in [1.82, 2.24) is 10.6 Å². The molecule has 1 aliphatic rings. The molecule has 1 saturated carbocycles. The van der Waals surface area contributed by atoms with Gasteiger partial charge in [-0.1, -0.05) is 25.0 Å². The number of hydrogen-bond donors (Lipinski definition) is 3. The minimum Gasteiger partial charge on any atom is -0.463 e. The molecular weight excluding hydrogens is 372 g/mol. The molecule has 2 amide bonds. The normalized spacial score (nSPS) is 17.0. The van der Waals surface area contributed by atoms with Crippen LogP contribution in [0.1, 0.15) is 64.7 Å². The van der Waals surface area contributed by atoms with Crippen LogP contribution in [0.25, 0.3) is 0 Å². The zero-order valence-corrected chi connectivity index (χ0v) is 17.6. The molecule has 3 N–H and O–H groups in total. The average Bonchev–Trinajstić information content (AvgIpc) is 3.14. The Hall–Kier alpha value is -2.15. The molecule has 0 aliphatic heterocycles. The van der Waals surface area contributed by atoms with Crippen LogP contribution in [0.3, 0.4) is 0 Å². The number of aliphatic hydroxyl groups excluding tert-OH is 1. The summed E-state index contributed by atoms with van der Waals surface area (Å²) in [6.07, 6.45) is 8.95. The summed E-state index contributed by atoms with van der Waals surface area (Å²) in [4.78, 5) is 37.0. The molecule has 164 valence electrons. The smallest absolute Gasteiger partial charge is 0.305 e. The van der Waals surface area contributed by atoms with Gasteiger partial charge in [0.2, 0.25) is 11.8 Å². The highest BCUT2D eigenvalue weighted by Gasteiger charge is 2.38. The third-order valence-corrected chi connectivity index (χ3v) is 5.18. The van der Waals surface area contributed by atoms with Crippen molar-refractivity contribution in [1.29, 1.82) is 0 Å². The van der Waals surface area contributed by atoms with Crippen LogP contribution in [0, 0.1) is 5.92 Å². The molecule has 0 radical (unpaired) electrons. The first kappa shape index (κ1) is 24.9. The maximum atomic E-state index is 12.9. The van der Waals surface area contributed by atoms with Gasteiger partial charge in [-0.15, -0.1) is 13.2 Å². The lowest BCUT2D eigenvalue weighted by atomic mass is 9.94. The van der Waals surface area contributed by atoms with Crippen LogP contribution in [-0.2, 0) is 19.1 Å². The van der Waals surface area contributed by atoms with Crippen molar-refractivity contribution < 1.29 is 24.2 Å². The highest BCUT2D eigenvalue weighted by Crippen LogP contribution is 2.31. The zero-order valence-electron chi connectivity index (χ0n) is 17.6. The van der Waals surface area contributed by atoms with E-state index in [2.05, 4.69) is 23.8 Å². The summed E-state index contributed by atoms with van der Waals surface area (Å²) in [6.45, 7) is 9.00. The number of aliphatic hydroxyl groups is 1. The predicted octanol–water partition coefficient (Wildman–Crippen LogP) is 2.39. The van der Waals surface area contributed by atoms with E-state index in [0.29, 0.717) is 19.3 Å². The molecule has 0 heterocycles. The van der Waals surface area contributed by atoms with Crippen LogP contribution in [0.5, 0.6) is 0 Å². The largest absolute Gasteiger partial charge is 0.463 e. The zero-order chi connectivity index (χ0) is 21.7. The second-order valence-electron chi connectivity index (χ2n) is 7.89. The van der Waals surface area contributed by atoms with Crippen molar-refractivity contribution in [2.45, 2.75) is 76.3 Å². The Morgan fingerprint density at radius 3 is 2.48 bits per heavy atom. The number of unbranched alkanes of at least 4 members (excludes halogenated alkanes) is 1. The molecule has 7 nitrogen and oxygen atoms in total. The van der Waals surface area contributed by atoms with Crippen molar-refractivity contribution in [2.75, 3.05) is 13.2 Å². The average molecular weight is 409 g/mol. The van der Waals surface area contributed by atoms with Crippen molar-refractivity contribution in [3.8, 4) is 0 Å². The number of hydrogen-bond acceptors (Lipinski definition) is 5. The number of nitrogens with one attached hydrogen (secondary N) is 2. The summed E-state index contributed by atoms with van der Waals surface area (Å²) in [7, 11) is 0. The fraction of sp³-hybridized carbons (Fsp3) is 0.682. The first-order valence-electron chi connectivity index (χ1n) is 10.5. The Kier molecular flexibility index (Phi) is 11.3. The maximum absolute atomic E-state index is 12.9. The fourth-order valence-corrected chi connectivity index (χ4v) is 3.49. The summed E-state index contributed by atoms with van der Waals surface area (Å²) >= 11 is 0. The predicted molar refractivity (Wildman–Crippen MR) is 112 cm³/mol. The maximum Gasteiger partial charge on any atom is 0.305 e. The van der Waals surface area contributed by atoms with E-state index in [-0.39, 0.29) is 43.5 Å². The van der Waals surface area contributed by atoms with Gasteiger partial charge < -0.3 is 20.5 Å². The number of rotatable bonds is 14. The molecule has 0 spiro atoms. The summed E-state index contributed by atoms with van der Waals surface area (Å²) in [5.41, 5.74) is -0.570. The Balaban J connectivity index is 2.67. The van der Waals surface area contributed by atoms with Crippen LogP contribution in [0.2, 0.25) is 0 Å². The van der Waals surface area contributed by atoms with Crippen LogP contribution < -0.4 is 10.6 Å². The van der Waals surface area contributed by atoms with E-state index in [1.165, 1.54) is 0 Å². The van der Waals surface area contributed by atoms with Gasteiger partial charge in [0.1, 0.15) is 6.61 Å². The van der Waals surface area contributed by atoms with Gasteiger partial charge in [0.05, 0.1) is 18.1 Å². The topological polar surface area (TPSA) is 105 Å². The molecule has 0 aromatic rings. The Morgan fingerprint density at radius 1 is 1.21 bits per heavy atom. The van der Waals surface area contributed by atoms with Crippen molar-refractivity contribution in [3.63, 3.8) is 0 Å². The van der Waals surface area contributed by atoms with Crippen molar-refractivity contribution in [3.05, 3.63) is 25.3 Å². The van der Waals surface area contributed by atoms with Crippen LogP contribution >= 0.6 is 0 Å². The summed E-state index contributed by atoms with van der Waals surface area (Å²) in [5.74, 6) is -1.35. The molecular formula is C22H36N2O5. The highest BCUT2D eigenvalue weighted by molar-refractivity contribution is 5.86. The summed E-state index contributed by atoms with van der Waals surface area (Å²) < 4.78 is 5.45. The number of carbonyl (C=O) groups excluding carboxylic acids is 3. The molecule has 1 rings (SSSR count). The molecule has 29 heavy (non-hydrogen) atoms. The molecule has 0 bridgehead atoms. The van der Waals surface area contributed by atoms with Crippen LogP contribution in [-0.4, -0.2) is 47.7 Å². The monoisotopic (exact) mass is 408 g/mol. The number of ether oxygens (including phenoxy) is 1. The van der Waals surface area contributed by atoms with Crippen LogP contribution in [0.4, 0.5) is 0 Å². The lowest BCUT2D eigenvalue weighted by molar-refractivity contribution is -0.147. The fourth-order valence-electron chi connectivity index (χ4n) is 3.49. The molecule has 0 saturated heterocycles. The van der Waals surface area contributed by atoms with E-state index in [9.17, 15) is 14.4 Å². The van der Waals surface area contributed by atoms with E-state index in [1.807, 2.05) is 0 Å². The molecule has 2 atom stereocenters. The van der Waals surface area contributed by atoms with E-state index < -0.39 is 11.5 Å². The summed E-state index contributed by atoms with van der Waals surface area (Å²) in [6, 6.07) is -0.364. The van der Waals surface area contributed by atoms with Crippen LogP contribution in [0.15, 0.2) is 25.3 Å². The van der Waals surface area contributed by atoms with Gasteiger partial charge in [-0.2, -0.15) is 0 Å². The lowest BCUT2D eigenvalue weighted by Crippen LogP contribution is -2.52. The number of carbonyl (C=O) groups is 3. The second kappa shape index (κ2) is 13.1. The lowest BCUT2D eigenvalue weighted by Gasteiger charge is -2.31. The molecule has 7 heteroatoms. The quantitative estimate of drug-likeness (QED) is 0.233. The SMILES string of the molecule is C=CCCCC(=O)OCC1(NC(=O)[C@H](CC=C)CC(=O)N[C@@H](C)CO)CCCC1. The van der Waals surface area contributed by atoms with Gasteiger partial charge in [-0.05, 0) is 39.0 Å². The van der Waals surface area contributed by atoms with Gasteiger partial charge in [0.15, 0.2) is 0 Å². The van der Waals surface area contributed by atoms with E-state index in [0.717, 1.165) is 32.1 Å². The Labute approximate surface area is 174 Å². The molecule has 0 aromatic heterocycles. The van der Waals surface area contributed by atoms with Crippen molar-refractivity contribution >= 4 is 17.8 Å². The van der Waals surface area contributed by atoms with E-state index in [1.54, 1.807) is 19.1 Å². The first-order valence-corrected chi connectivity index (χ1v) is 10.5. The van der Waals surface area contributed by atoms with Gasteiger partial charge in [-0.25, -0.2) is 0 Å².